The highest BCUT2D eigenvalue weighted by Gasteiger charge is 2.20. The summed E-state index contributed by atoms with van der Waals surface area (Å²) in [5, 5.41) is 10.3. The van der Waals surface area contributed by atoms with Crippen LogP contribution in [-0.4, -0.2) is 39.9 Å². The van der Waals surface area contributed by atoms with Crippen LogP contribution in [-0.2, 0) is 23.0 Å². The van der Waals surface area contributed by atoms with E-state index < -0.39 is 10.0 Å². The lowest BCUT2D eigenvalue weighted by Crippen LogP contribution is -2.25. The first kappa shape index (κ1) is 14.5. The van der Waals surface area contributed by atoms with Crippen LogP contribution in [0.2, 0.25) is 0 Å². The van der Waals surface area contributed by atoms with Crippen molar-refractivity contribution in [2.24, 2.45) is 0 Å². The maximum absolute atomic E-state index is 12.1. The summed E-state index contributed by atoms with van der Waals surface area (Å²) in [4.78, 5) is 3.97. The van der Waals surface area contributed by atoms with E-state index in [1.54, 1.807) is 0 Å². The fourth-order valence-corrected chi connectivity index (χ4v) is 2.82. The second kappa shape index (κ2) is 6.01. The predicted octanol–water partition coefficient (Wildman–Crippen LogP) is -0.486. The molecule has 2 rings (SSSR count). The van der Waals surface area contributed by atoms with E-state index >= 15 is 0 Å². The first-order valence-corrected chi connectivity index (χ1v) is 7.68. The molecule has 0 aliphatic carbocycles. The molecule has 110 valence electrons. The fraction of sp³-hybridized carbons (Fsp3) is 0.500. The van der Waals surface area contributed by atoms with Crippen molar-refractivity contribution < 1.29 is 8.42 Å². The van der Waals surface area contributed by atoms with E-state index in [-0.39, 0.29) is 10.7 Å². The lowest BCUT2D eigenvalue weighted by molar-refractivity contribution is 0.578. The maximum atomic E-state index is 12.1. The van der Waals surface area contributed by atoms with Crippen LogP contribution in [0.15, 0.2) is 17.4 Å². The normalized spacial score (nSPS) is 11.8. The van der Waals surface area contributed by atoms with Gasteiger partial charge in [0.1, 0.15) is 17.0 Å². The van der Waals surface area contributed by atoms with Gasteiger partial charge < -0.3 is 5.73 Å². The summed E-state index contributed by atoms with van der Waals surface area (Å²) in [6.07, 6.45) is 4.07. The van der Waals surface area contributed by atoms with E-state index in [1.165, 1.54) is 17.2 Å². The molecule has 9 nitrogen and oxygen atoms in total. The number of aromatic nitrogens is 5. The van der Waals surface area contributed by atoms with E-state index in [0.717, 1.165) is 5.82 Å². The topological polar surface area (TPSA) is 132 Å². The Labute approximate surface area is 116 Å². The Morgan fingerprint density at radius 1 is 1.50 bits per heavy atom. The van der Waals surface area contributed by atoms with Crippen LogP contribution in [0.4, 0.5) is 5.82 Å². The van der Waals surface area contributed by atoms with Crippen LogP contribution >= 0.6 is 0 Å². The van der Waals surface area contributed by atoms with Crippen molar-refractivity contribution in [3.8, 4) is 0 Å². The second-order valence-corrected chi connectivity index (χ2v) is 5.90. The van der Waals surface area contributed by atoms with Crippen molar-refractivity contribution in [1.82, 2.24) is 29.7 Å². The van der Waals surface area contributed by atoms with Gasteiger partial charge in [0, 0.05) is 25.7 Å². The summed E-state index contributed by atoms with van der Waals surface area (Å²) in [5.41, 5.74) is 5.61. The van der Waals surface area contributed by atoms with Crippen LogP contribution in [0.5, 0.6) is 0 Å². The largest absolute Gasteiger partial charge is 0.381 e. The summed E-state index contributed by atoms with van der Waals surface area (Å²) < 4.78 is 28.1. The highest BCUT2D eigenvalue weighted by Crippen LogP contribution is 2.15. The van der Waals surface area contributed by atoms with Gasteiger partial charge in [-0.05, 0) is 13.3 Å². The van der Waals surface area contributed by atoms with Crippen LogP contribution in [0.1, 0.15) is 19.2 Å². The van der Waals surface area contributed by atoms with Crippen LogP contribution in [0, 0.1) is 0 Å². The third-order valence-electron chi connectivity index (χ3n) is 2.72. The minimum atomic E-state index is -3.63. The number of aryl methyl sites for hydroxylation is 2. The summed E-state index contributed by atoms with van der Waals surface area (Å²) in [5.74, 6) is 0.733. The number of anilines is 1. The zero-order valence-electron chi connectivity index (χ0n) is 11.1. The molecule has 0 aliphatic rings. The third kappa shape index (κ3) is 3.33. The molecule has 0 saturated heterocycles. The van der Waals surface area contributed by atoms with E-state index in [1.807, 2.05) is 6.92 Å². The van der Waals surface area contributed by atoms with E-state index in [0.29, 0.717) is 25.9 Å². The van der Waals surface area contributed by atoms with Gasteiger partial charge in [-0.15, -0.1) is 0 Å². The molecule has 0 atom stereocenters. The molecule has 20 heavy (non-hydrogen) atoms. The molecular formula is C10H17N7O2S. The Kier molecular flexibility index (Phi) is 4.35. The summed E-state index contributed by atoms with van der Waals surface area (Å²) in [6.45, 7) is 2.71. The lowest BCUT2D eigenvalue weighted by atomic mass is 10.3. The van der Waals surface area contributed by atoms with E-state index in [4.69, 9.17) is 5.73 Å². The van der Waals surface area contributed by atoms with Gasteiger partial charge >= 0.3 is 0 Å². The fourth-order valence-electron chi connectivity index (χ4n) is 1.68. The average molecular weight is 299 g/mol. The monoisotopic (exact) mass is 299 g/mol. The molecule has 0 spiro atoms. The quantitative estimate of drug-likeness (QED) is 0.591. The van der Waals surface area contributed by atoms with Crippen molar-refractivity contribution >= 4 is 15.8 Å². The smallest absolute Gasteiger partial charge is 0.245 e. The molecule has 0 unspecified atom stereocenters. The Bertz CT molecular complexity index is 647. The molecule has 0 aromatic carbocycles. The van der Waals surface area contributed by atoms with Crippen LogP contribution in [0.25, 0.3) is 0 Å². The maximum Gasteiger partial charge on any atom is 0.245 e. The Hall–Kier alpha value is -1.94. The summed E-state index contributed by atoms with van der Waals surface area (Å²) in [7, 11) is -3.63. The van der Waals surface area contributed by atoms with Crippen LogP contribution < -0.4 is 10.5 Å². The number of rotatable bonds is 7. The van der Waals surface area contributed by atoms with Gasteiger partial charge in [-0.25, -0.2) is 18.1 Å². The lowest BCUT2D eigenvalue weighted by Gasteiger charge is -2.04. The predicted molar refractivity (Wildman–Crippen MR) is 72.2 cm³/mol. The van der Waals surface area contributed by atoms with Gasteiger partial charge in [0.25, 0.3) is 0 Å². The molecule has 4 N–H and O–H groups in total. The standard InChI is InChI=1S/C10H17N7O2S/c1-2-17-6-8(10(11)16-17)20(18,19)14-5-3-4-9-12-7-13-15-9/h6-7,14H,2-5H2,1H3,(H2,11,16)(H,12,13,15). The number of nitrogens with two attached hydrogens (primary N) is 1. The van der Waals surface area contributed by atoms with Crippen molar-refractivity contribution in [2.75, 3.05) is 12.3 Å². The number of nitrogens with one attached hydrogen (secondary N) is 2. The molecule has 0 bridgehead atoms. The molecule has 0 radical (unpaired) electrons. The number of nitrogens with zero attached hydrogens (tertiary/aromatic N) is 4. The van der Waals surface area contributed by atoms with E-state index in [2.05, 4.69) is 25.0 Å². The molecule has 2 heterocycles. The van der Waals surface area contributed by atoms with Gasteiger partial charge in [0.2, 0.25) is 10.0 Å². The first-order valence-electron chi connectivity index (χ1n) is 6.19. The number of H-pyrrole nitrogens is 1. The summed E-state index contributed by atoms with van der Waals surface area (Å²) >= 11 is 0. The molecule has 0 amide bonds. The van der Waals surface area contributed by atoms with Gasteiger partial charge in [-0.2, -0.15) is 10.2 Å². The number of hydrogen-bond acceptors (Lipinski definition) is 6. The van der Waals surface area contributed by atoms with Crippen molar-refractivity contribution in [2.45, 2.75) is 31.2 Å². The van der Waals surface area contributed by atoms with Gasteiger partial charge in [-0.3, -0.25) is 9.78 Å². The molecule has 0 saturated carbocycles. The zero-order chi connectivity index (χ0) is 14.6. The van der Waals surface area contributed by atoms with E-state index in [9.17, 15) is 8.42 Å². The van der Waals surface area contributed by atoms with Crippen molar-refractivity contribution in [3.63, 3.8) is 0 Å². The third-order valence-corrected chi connectivity index (χ3v) is 4.19. The number of hydrogen-bond donors (Lipinski definition) is 3. The molecular weight excluding hydrogens is 282 g/mol. The molecule has 2 aromatic heterocycles. The molecule has 2 aromatic rings. The van der Waals surface area contributed by atoms with Gasteiger partial charge in [0.05, 0.1) is 0 Å². The minimum Gasteiger partial charge on any atom is -0.381 e. The van der Waals surface area contributed by atoms with Crippen molar-refractivity contribution in [1.29, 1.82) is 0 Å². The van der Waals surface area contributed by atoms with Gasteiger partial charge in [-0.1, -0.05) is 0 Å². The first-order chi connectivity index (χ1) is 9.53. The number of aromatic amines is 1. The molecule has 0 aliphatic heterocycles. The number of nitrogen functional groups attached to an aromatic ring is 1. The highest BCUT2D eigenvalue weighted by molar-refractivity contribution is 7.89. The Balaban J connectivity index is 1.91. The Morgan fingerprint density at radius 2 is 2.30 bits per heavy atom. The molecule has 0 fully saturated rings. The zero-order valence-corrected chi connectivity index (χ0v) is 11.9. The molecule has 10 heteroatoms. The summed E-state index contributed by atoms with van der Waals surface area (Å²) in [6, 6.07) is 0. The number of sulfonamides is 1. The minimum absolute atomic E-state index is 0.00887. The van der Waals surface area contributed by atoms with Crippen LogP contribution in [0.3, 0.4) is 0 Å². The van der Waals surface area contributed by atoms with Gasteiger partial charge in [0.15, 0.2) is 5.82 Å². The second-order valence-electron chi connectivity index (χ2n) is 4.17. The highest BCUT2D eigenvalue weighted by atomic mass is 32.2. The van der Waals surface area contributed by atoms with Crippen molar-refractivity contribution in [3.05, 3.63) is 18.3 Å². The SMILES string of the molecule is CCn1cc(S(=O)(=O)NCCCc2ncn[nH]2)c(N)n1. The average Bonchev–Trinajstić information content (AvgIpc) is 3.04. The Morgan fingerprint density at radius 3 is 2.90 bits per heavy atom.